The summed E-state index contributed by atoms with van der Waals surface area (Å²) in [5.41, 5.74) is 4.33. The molecule has 1 heterocycles. The number of aryl methyl sites for hydroxylation is 1. The zero-order valence-electron chi connectivity index (χ0n) is 27.7. The van der Waals surface area contributed by atoms with Gasteiger partial charge in [-0.2, -0.15) is 10.5 Å². The summed E-state index contributed by atoms with van der Waals surface area (Å²) in [6.45, 7) is 12.4. The van der Waals surface area contributed by atoms with Gasteiger partial charge in [0.1, 0.15) is 18.0 Å². The van der Waals surface area contributed by atoms with Crippen molar-refractivity contribution < 1.29 is 24.2 Å². The monoisotopic (exact) mass is 627 g/mol. The number of carboxylic acids is 1. The fourth-order valence-corrected chi connectivity index (χ4v) is 4.39. The summed E-state index contributed by atoms with van der Waals surface area (Å²) in [5, 5.41) is 30.6. The molecule has 0 saturated carbocycles. The highest BCUT2D eigenvalue weighted by atomic mass is 16.6. The second kappa shape index (κ2) is 18.7. The molecule has 244 valence electrons. The number of nitrogens with zero attached hydrogens (tertiary/aromatic N) is 4. The van der Waals surface area contributed by atoms with Crippen molar-refractivity contribution in [1.82, 2.24) is 9.88 Å². The zero-order chi connectivity index (χ0) is 34.1. The van der Waals surface area contributed by atoms with Gasteiger partial charge in [-0.3, -0.25) is 9.78 Å². The third-order valence-electron chi connectivity index (χ3n) is 6.69. The minimum Gasteiger partial charge on any atom is -0.487 e. The van der Waals surface area contributed by atoms with E-state index in [-0.39, 0.29) is 19.6 Å². The number of amides is 1. The molecule has 0 bridgehead atoms. The average molecular weight is 628 g/mol. The van der Waals surface area contributed by atoms with Gasteiger partial charge in [-0.1, -0.05) is 32.4 Å². The number of aromatic nitrogens is 1. The molecule has 0 aliphatic heterocycles. The molecule has 10 nitrogen and oxygen atoms in total. The fraction of sp³-hybridized carbons (Fsp3) is 0.417. The molecule has 0 unspecified atom stereocenters. The van der Waals surface area contributed by atoms with Gasteiger partial charge < -0.3 is 24.8 Å². The Balaban J connectivity index is 0.00000361. The van der Waals surface area contributed by atoms with Crippen molar-refractivity contribution >= 4 is 17.7 Å². The first-order valence-corrected chi connectivity index (χ1v) is 15.5. The molecule has 0 aliphatic carbocycles. The lowest BCUT2D eigenvalue weighted by molar-refractivity contribution is -0.137. The van der Waals surface area contributed by atoms with Crippen LogP contribution in [0.25, 0.3) is 0 Å². The number of anilines is 1. The average Bonchev–Trinajstić information content (AvgIpc) is 3.03. The van der Waals surface area contributed by atoms with Gasteiger partial charge in [0.25, 0.3) is 0 Å². The highest BCUT2D eigenvalue weighted by Gasteiger charge is 2.25. The summed E-state index contributed by atoms with van der Waals surface area (Å²) in [4.78, 5) is 30.6. The quantitative estimate of drug-likeness (QED) is 0.171. The predicted octanol–water partition coefficient (Wildman–Crippen LogP) is 7.73. The molecule has 46 heavy (non-hydrogen) atoms. The van der Waals surface area contributed by atoms with Crippen LogP contribution in [0.4, 0.5) is 10.5 Å². The Morgan fingerprint density at radius 1 is 0.957 bits per heavy atom. The normalized spacial score (nSPS) is 10.4. The van der Waals surface area contributed by atoms with Crippen molar-refractivity contribution in [3.63, 3.8) is 0 Å². The number of carbonyl (C=O) groups excluding carboxylic acids is 1. The van der Waals surface area contributed by atoms with Crippen molar-refractivity contribution in [2.45, 2.75) is 92.5 Å². The molecule has 3 aromatic rings. The number of aliphatic carboxylic acids is 1. The highest BCUT2D eigenvalue weighted by molar-refractivity contribution is 5.68. The van der Waals surface area contributed by atoms with Gasteiger partial charge in [-0.05, 0) is 88.1 Å². The van der Waals surface area contributed by atoms with Crippen molar-refractivity contribution in [3.8, 4) is 17.9 Å². The Morgan fingerprint density at radius 3 is 2.13 bits per heavy atom. The van der Waals surface area contributed by atoms with E-state index < -0.39 is 17.7 Å². The number of hydrogen-bond acceptors (Lipinski definition) is 8. The number of nitriles is 2. The lowest BCUT2D eigenvalue weighted by Gasteiger charge is -2.29. The van der Waals surface area contributed by atoms with E-state index in [0.717, 1.165) is 22.4 Å². The van der Waals surface area contributed by atoms with Crippen molar-refractivity contribution in [1.29, 1.82) is 10.5 Å². The number of benzene rings is 2. The summed E-state index contributed by atoms with van der Waals surface area (Å²) in [6.07, 6.45) is 3.14. The van der Waals surface area contributed by atoms with E-state index in [4.69, 9.17) is 25.1 Å². The molecule has 2 N–H and O–H groups in total. The third kappa shape index (κ3) is 12.5. The summed E-state index contributed by atoms with van der Waals surface area (Å²) in [6, 6.07) is 18.5. The standard InChI is InChI=1S/C34H39N5O5.C2H6/c1-24-32(43-23-27-11-9-25(18-35)10-12-27)30(28(20-37-24)21-38-29-15-13-26(19-36)14-16-29)22-39(33(42)44-34(2,3)4)17-7-5-6-8-31(40)41;1-2/h9-16,20,38H,5-8,17,21-23H2,1-4H3,(H,40,41);1-2H3. The fourth-order valence-electron chi connectivity index (χ4n) is 4.39. The first-order valence-electron chi connectivity index (χ1n) is 15.5. The SMILES string of the molecule is CC.Cc1ncc(CNc2ccc(C#N)cc2)c(CN(CCCCCC(=O)O)C(=O)OC(C)(C)C)c1OCc1ccc(C#N)cc1. The van der Waals surface area contributed by atoms with Gasteiger partial charge in [0.05, 0.1) is 35.5 Å². The largest absolute Gasteiger partial charge is 0.487 e. The Bertz CT molecular complexity index is 1500. The predicted molar refractivity (Wildman–Crippen MR) is 177 cm³/mol. The van der Waals surface area contributed by atoms with Crippen LogP contribution in [0.1, 0.15) is 93.8 Å². The number of carboxylic acid groups (broad SMARTS) is 1. The number of hydrogen-bond donors (Lipinski definition) is 2. The number of unbranched alkanes of at least 4 members (excludes halogenated alkanes) is 2. The molecular weight excluding hydrogens is 582 g/mol. The summed E-state index contributed by atoms with van der Waals surface area (Å²) >= 11 is 0. The number of pyridine rings is 1. The van der Waals surface area contributed by atoms with Crippen molar-refractivity contribution in [2.24, 2.45) is 0 Å². The molecule has 0 spiro atoms. The van der Waals surface area contributed by atoms with Gasteiger partial charge in [-0.25, -0.2) is 4.79 Å². The first-order chi connectivity index (χ1) is 22.0. The topological polar surface area (TPSA) is 149 Å². The number of nitrogens with one attached hydrogen (secondary N) is 1. The van der Waals surface area contributed by atoms with Crippen LogP contribution in [0.5, 0.6) is 5.75 Å². The molecule has 10 heteroatoms. The van der Waals surface area contributed by atoms with E-state index in [1.165, 1.54) is 0 Å². The Hall–Kier alpha value is -5.09. The maximum atomic E-state index is 13.4. The highest BCUT2D eigenvalue weighted by Crippen LogP contribution is 2.30. The molecule has 3 rings (SSSR count). The minimum absolute atomic E-state index is 0.0779. The second-order valence-corrected chi connectivity index (χ2v) is 11.4. The third-order valence-corrected chi connectivity index (χ3v) is 6.69. The van der Waals surface area contributed by atoms with Crippen LogP contribution >= 0.6 is 0 Å². The van der Waals surface area contributed by atoms with E-state index >= 15 is 0 Å². The van der Waals surface area contributed by atoms with Crippen LogP contribution in [0.3, 0.4) is 0 Å². The molecule has 0 fully saturated rings. The summed E-state index contributed by atoms with van der Waals surface area (Å²) in [5.74, 6) is -0.294. The van der Waals surface area contributed by atoms with Gasteiger partial charge in [0, 0.05) is 37.0 Å². The smallest absolute Gasteiger partial charge is 0.410 e. The Labute approximate surface area is 272 Å². The minimum atomic E-state index is -0.843. The maximum Gasteiger partial charge on any atom is 0.410 e. The number of carbonyl (C=O) groups is 2. The zero-order valence-corrected chi connectivity index (χ0v) is 27.7. The van der Waals surface area contributed by atoms with Crippen LogP contribution in [0.15, 0.2) is 54.7 Å². The van der Waals surface area contributed by atoms with Gasteiger partial charge >= 0.3 is 12.1 Å². The molecule has 0 aliphatic rings. The van der Waals surface area contributed by atoms with Crippen LogP contribution in [0, 0.1) is 29.6 Å². The van der Waals surface area contributed by atoms with E-state index in [9.17, 15) is 9.59 Å². The van der Waals surface area contributed by atoms with E-state index in [1.807, 2.05) is 65.8 Å². The lowest BCUT2D eigenvalue weighted by atomic mass is 10.1. The maximum absolute atomic E-state index is 13.4. The van der Waals surface area contributed by atoms with E-state index in [1.54, 1.807) is 35.4 Å². The van der Waals surface area contributed by atoms with Gasteiger partial charge in [0.15, 0.2) is 0 Å². The van der Waals surface area contributed by atoms with Crippen LogP contribution < -0.4 is 10.1 Å². The number of ether oxygens (including phenoxy) is 2. The molecule has 0 radical (unpaired) electrons. The van der Waals surface area contributed by atoms with E-state index in [2.05, 4.69) is 22.4 Å². The van der Waals surface area contributed by atoms with Crippen molar-refractivity contribution in [2.75, 3.05) is 11.9 Å². The molecular formula is C36H45N5O5. The molecule has 0 atom stereocenters. The van der Waals surface area contributed by atoms with Gasteiger partial charge in [0.2, 0.25) is 0 Å². The number of rotatable bonds is 14. The first kappa shape index (κ1) is 37.1. The summed E-state index contributed by atoms with van der Waals surface area (Å²) in [7, 11) is 0. The van der Waals surface area contributed by atoms with Crippen molar-refractivity contribution in [3.05, 3.63) is 88.2 Å². The molecule has 1 amide bonds. The summed E-state index contributed by atoms with van der Waals surface area (Å²) < 4.78 is 12.1. The molecule has 0 saturated heterocycles. The lowest BCUT2D eigenvalue weighted by Crippen LogP contribution is -2.37. The van der Waals surface area contributed by atoms with E-state index in [0.29, 0.717) is 54.9 Å². The molecule has 2 aromatic carbocycles. The van der Waals surface area contributed by atoms with Crippen LogP contribution in [-0.4, -0.2) is 39.2 Å². The second-order valence-electron chi connectivity index (χ2n) is 11.4. The Morgan fingerprint density at radius 2 is 1.57 bits per heavy atom. The van der Waals surface area contributed by atoms with Gasteiger partial charge in [-0.15, -0.1) is 0 Å². The molecule has 1 aromatic heterocycles. The van der Waals surface area contributed by atoms with Crippen LogP contribution in [-0.2, 0) is 29.2 Å². The Kier molecular flexibility index (Phi) is 15.0. The van der Waals surface area contributed by atoms with Crippen LogP contribution in [0.2, 0.25) is 0 Å².